The number of amides is 1. The summed E-state index contributed by atoms with van der Waals surface area (Å²) in [6.07, 6.45) is 46.1. The van der Waals surface area contributed by atoms with Crippen LogP contribution in [0.15, 0.2) is 24.3 Å². The summed E-state index contributed by atoms with van der Waals surface area (Å²) in [6.45, 7) is 1.78. The van der Waals surface area contributed by atoms with Gasteiger partial charge in [0.25, 0.3) is 0 Å². The molecular weight excluding hydrogens is 1250 g/mol. The molecule has 3 heterocycles. The Hall–Kier alpha value is -1.73. The molecule has 19 nitrogen and oxygen atoms in total. The first-order chi connectivity index (χ1) is 47.8. The van der Waals surface area contributed by atoms with Crippen LogP contribution in [0.5, 0.6) is 0 Å². The summed E-state index contributed by atoms with van der Waals surface area (Å²) in [5.74, 6) is -0.278. The van der Waals surface area contributed by atoms with Gasteiger partial charge in [0.05, 0.1) is 38.6 Å². The molecule has 3 aliphatic rings. The van der Waals surface area contributed by atoms with Crippen molar-refractivity contribution in [2.45, 2.75) is 446 Å². The van der Waals surface area contributed by atoms with E-state index in [0.29, 0.717) is 12.8 Å². The Morgan fingerprint density at radius 2 is 0.653 bits per heavy atom. The van der Waals surface area contributed by atoms with Crippen molar-refractivity contribution < 1.29 is 89.4 Å². The summed E-state index contributed by atoms with van der Waals surface area (Å²) in [6, 6.07) is -0.988. The number of hydrogen-bond acceptors (Lipinski definition) is 18. The van der Waals surface area contributed by atoms with Crippen molar-refractivity contribution in [3.63, 3.8) is 0 Å². The highest BCUT2D eigenvalue weighted by Gasteiger charge is 2.54. The third-order valence-corrected chi connectivity index (χ3v) is 20.5. The standard InChI is InChI=1S/C79H149NO18/c1-3-5-7-9-11-13-15-17-19-21-23-25-26-27-28-29-30-31-32-33-34-35-36-37-38-40-42-44-46-48-50-52-54-56-63(84)62(80-67(85)57-55-53-51-49-47-45-43-41-39-24-22-20-18-16-14-12-10-8-6-4-2)61-93-77-73(91)70(88)75(65(59-82)95-77)98-79-74(92)71(89)76(66(60-83)96-79)97-78-72(90)69(87)68(86)64(58-81)94-78/h46,48,54,56,62-66,68-79,81-84,86-92H,3-45,47,49-53,55,57-61H2,1-2H3,(H,80,85)/b48-46+,56-54+. The molecule has 17 atom stereocenters. The van der Waals surface area contributed by atoms with Gasteiger partial charge in [-0.1, -0.05) is 327 Å². The van der Waals surface area contributed by atoms with Gasteiger partial charge in [-0.05, 0) is 32.1 Å². The van der Waals surface area contributed by atoms with Gasteiger partial charge in [-0.3, -0.25) is 4.79 Å². The van der Waals surface area contributed by atoms with Crippen LogP contribution in [-0.4, -0.2) is 193 Å². The Balaban J connectivity index is 1.37. The van der Waals surface area contributed by atoms with Crippen LogP contribution in [0.1, 0.15) is 341 Å². The van der Waals surface area contributed by atoms with E-state index in [9.17, 15) is 61.0 Å². The smallest absolute Gasteiger partial charge is 0.220 e. The monoisotopic (exact) mass is 1400 g/mol. The van der Waals surface area contributed by atoms with Gasteiger partial charge in [0.1, 0.15) is 73.2 Å². The largest absolute Gasteiger partial charge is 0.394 e. The molecule has 12 N–H and O–H groups in total. The molecule has 0 aromatic rings. The maximum absolute atomic E-state index is 13.4. The molecule has 19 heteroatoms. The molecule has 3 fully saturated rings. The van der Waals surface area contributed by atoms with Crippen molar-refractivity contribution >= 4 is 5.91 Å². The second kappa shape index (κ2) is 60.5. The summed E-state index contributed by atoms with van der Waals surface area (Å²) in [5, 5.41) is 121. The van der Waals surface area contributed by atoms with Gasteiger partial charge in [-0.15, -0.1) is 0 Å². The Kier molecular flexibility index (Phi) is 55.9. The number of ether oxygens (including phenoxy) is 6. The molecule has 3 saturated heterocycles. The van der Waals surface area contributed by atoms with Crippen molar-refractivity contribution in [3.05, 3.63) is 24.3 Å². The summed E-state index contributed by atoms with van der Waals surface area (Å²) in [5.41, 5.74) is 0. The number of carbonyl (C=O) groups excluding carboxylic acids is 1. The number of aliphatic hydroxyl groups is 11. The lowest BCUT2D eigenvalue weighted by atomic mass is 9.96. The normalized spacial score (nSPS) is 26.8. The molecule has 0 aliphatic carbocycles. The second-order valence-corrected chi connectivity index (χ2v) is 29.2. The molecule has 17 unspecified atom stereocenters. The molecule has 0 saturated carbocycles. The van der Waals surface area contributed by atoms with E-state index in [0.717, 1.165) is 38.5 Å². The Labute approximate surface area is 594 Å². The predicted octanol–water partition coefficient (Wildman–Crippen LogP) is 13.3. The summed E-state index contributed by atoms with van der Waals surface area (Å²) in [4.78, 5) is 13.4. The fourth-order valence-corrected chi connectivity index (χ4v) is 14.0. The highest BCUT2D eigenvalue weighted by molar-refractivity contribution is 5.76. The van der Waals surface area contributed by atoms with E-state index in [-0.39, 0.29) is 18.9 Å². The minimum Gasteiger partial charge on any atom is -0.394 e. The van der Waals surface area contributed by atoms with Gasteiger partial charge in [0.15, 0.2) is 18.9 Å². The highest BCUT2D eigenvalue weighted by atomic mass is 16.8. The molecule has 0 spiro atoms. The summed E-state index contributed by atoms with van der Waals surface area (Å²) >= 11 is 0. The van der Waals surface area contributed by atoms with Crippen LogP contribution < -0.4 is 5.32 Å². The number of hydrogen-bond donors (Lipinski definition) is 12. The van der Waals surface area contributed by atoms with E-state index in [4.69, 9.17) is 28.4 Å². The number of rotatable bonds is 65. The van der Waals surface area contributed by atoms with Gasteiger partial charge < -0.3 is 89.9 Å². The van der Waals surface area contributed by atoms with Gasteiger partial charge in [-0.2, -0.15) is 0 Å². The highest BCUT2D eigenvalue weighted by Crippen LogP contribution is 2.33. The lowest BCUT2D eigenvalue weighted by Gasteiger charge is -2.48. The second-order valence-electron chi connectivity index (χ2n) is 29.2. The Morgan fingerprint density at radius 1 is 0.357 bits per heavy atom. The maximum atomic E-state index is 13.4. The van der Waals surface area contributed by atoms with Crippen molar-refractivity contribution in [3.8, 4) is 0 Å². The van der Waals surface area contributed by atoms with Crippen molar-refractivity contribution in [2.75, 3.05) is 26.4 Å². The van der Waals surface area contributed by atoms with E-state index >= 15 is 0 Å². The average molecular weight is 1400 g/mol. The zero-order chi connectivity index (χ0) is 71.1. The third-order valence-electron chi connectivity index (χ3n) is 20.5. The number of aliphatic hydroxyl groups excluding tert-OH is 11. The quantitative estimate of drug-likeness (QED) is 0.0199. The number of nitrogens with one attached hydrogen (secondary N) is 1. The first-order valence-corrected chi connectivity index (χ1v) is 40.6. The molecule has 3 aliphatic heterocycles. The zero-order valence-corrected chi connectivity index (χ0v) is 61.8. The van der Waals surface area contributed by atoms with Crippen LogP contribution in [0.25, 0.3) is 0 Å². The van der Waals surface area contributed by atoms with E-state index in [1.54, 1.807) is 6.08 Å². The van der Waals surface area contributed by atoms with E-state index in [2.05, 4.69) is 31.3 Å². The fourth-order valence-electron chi connectivity index (χ4n) is 14.0. The summed E-state index contributed by atoms with van der Waals surface area (Å²) < 4.78 is 34.4. The lowest BCUT2D eigenvalue weighted by molar-refractivity contribution is -0.379. The topological polar surface area (TPSA) is 307 Å². The SMILES string of the molecule is CCCCCCCCCCCCCCCCCCCCCCCCCCCCC/C=C/CC/C=C/C(O)C(COC1OC(CO)C(OC2OC(CO)C(OC3OC(CO)C(O)C(O)C3O)C(O)C2O)C(O)C1O)NC(=O)CCCCCCCCCCCCCCCCCCCCCC. The van der Waals surface area contributed by atoms with Crippen LogP contribution in [0.2, 0.25) is 0 Å². The molecule has 578 valence electrons. The Bertz CT molecular complexity index is 1870. The average Bonchev–Trinajstić information content (AvgIpc) is 0.784. The molecule has 3 rings (SSSR count). The van der Waals surface area contributed by atoms with E-state index in [1.807, 2.05) is 6.08 Å². The molecule has 98 heavy (non-hydrogen) atoms. The first-order valence-electron chi connectivity index (χ1n) is 40.6. The molecular formula is C79H149NO18. The van der Waals surface area contributed by atoms with Crippen LogP contribution >= 0.6 is 0 Å². The summed E-state index contributed by atoms with van der Waals surface area (Å²) in [7, 11) is 0. The Morgan fingerprint density at radius 3 is 1.02 bits per heavy atom. The predicted molar refractivity (Wildman–Crippen MR) is 388 cm³/mol. The van der Waals surface area contributed by atoms with Crippen molar-refractivity contribution in [1.29, 1.82) is 0 Å². The first kappa shape index (κ1) is 90.5. The number of unbranched alkanes of at least 4 members (excludes halogenated alkanes) is 47. The van der Waals surface area contributed by atoms with E-state index in [1.165, 1.54) is 270 Å². The van der Waals surface area contributed by atoms with Gasteiger partial charge in [0, 0.05) is 6.42 Å². The van der Waals surface area contributed by atoms with Crippen molar-refractivity contribution in [2.24, 2.45) is 0 Å². The molecule has 0 radical (unpaired) electrons. The van der Waals surface area contributed by atoms with Crippen molar-refractivity contribution in [1.82, 2.24) is 5.32 Å². The van der Waals surface area contributed by atoms with Crippen LogP contribution in [0, 0.1) is 0 Å². The van der Waals surface area contributed by atoms with E-state index < -0.39 is 124 Å². The molecule has 0 bridgehead atoms. The molecule has 0 aromatic heterocycles. The van der Waals surface area contributed by atoms with Crippen LogP contribution in [0.4, 0.5) is 0 Å². The van der Waals surface area contributed by atoms with Gasteiger partial charge in [0.2, 0.25) is 5.91 Å². The molecule has 1 amide bonds. The van der Waals surface area contributed by atoms with Crippen LogP contribution in [-0.2, 0) is 33.2 Å². The number of carbonyl (C=O) groups is 1. The minimum atomic E-state index is -1.98. The minimum absolute atomic E-state index is 0.241. The molecule has 0 aromatic carbocycles. The number of allylic oxidation sites excluding steroid dienone is 3. The zero-order valence-electron chi connectivity index (χ0n) is 61.8. The third kappa shape index (κ3) is 40.5. The maximum Gasteiger partial charge on any atom is 0.220 e. The van der Waals surface area contributed by atoms with Crippen LogP contribution in [0.3, 0.4) is 0 Å². The fraction of sp³-hybridized carbons (Fsp3) is 0.937. The lowest BCUT2D eigenvalue weighted by Crippen LogP contribution is -2.66. The van der Waals surface area contributed by atoms with Gasteiger partial charge in [-0.25, -0.2) is 0 Å². The van der Waals surface area contributed by atoms with Gasteiger partial charge >= 0.3 is 0 Å².